The fourth-order valence-electron chi connectivity index (χ4n) is 2.81. The van der Waals surface area contributed by atoms with E-state index in [9.17, 15) is 22.4 Å². The van der Waals surface area contributed by atoms with Crippen molar-refractivity contribution >= 4 is 13.1 Å². The molecule has 1 aliphatic rings. The van der Waals surface area contributed by atoms with Crippen molar-refractivity contribution in [2.75, 3.05) is 7.11 Å². The summed E-state index contributed by atoms with van der Waals surface area (Å²) in [5.74, 6) is -3.19. The van der Waals surface area contributed by atoms with Crippen LogP contribution in [0.1, 0.15) is 51.1 Å². The number of carbonyl (C=O) groups excluding carboxylic acids is 1. The lowest BCUT2D eigenvalue weighted by atomic mass is 9.65. The van der Waals surface area contributed by atoms with E-state index in [1.54, 1.807) is 27.7 Å². The third kappa shape index (κ3) is 3.88. The summed E-state index contributed by atoms with van der Waals surface area (Å²) in [4.78, 5) is 11.8. The van der Waals surface area contributed by atoms with E-state index in [0.29, 0.717) is 0 Å². The van der Waals surface area contributed by atoms with E-state index in [-0.39, 0.29) is 0 Å². The average Bonchev–Trinajstić information content (AvgIpc) is 2.72. The van der Waals surface area contributed by atoms with Crippen molar-refractivity contribution in [2.24, 2.45) is 0 Å². The molecule has 1 unspecified atom stereocenters. The number of rotatable bonds is 4. The SMILES string of the molecule is COC(=O)CC(B1OC(C)(C)C(C)(C)O1)c1c(F)cccc1C(F)(F)F. The number of ether oxygens (including phenoxy) is 1. The Labute approximate surface area is 149 Å². The Morgan fingerprint density at radius 3 is 2.19 bits per heavy atom. The highest BCUT2D eigenvalue weighted by molar-refractivity contribution is 6.48. The van der Waals surface area contributed by atoms with E-state index < -0.39 is 59.6 Å². The minimum Gasteiger partial charge on any atom is -0.469 e. The second kappa shape index (κ2) is 6.85. The minimum absolute atomic E-state index is 0.517. The molecule has 0 amide bonds. The molecule has 1 aliphatic heterocycles. The molecule has 1 atom stereocenters. The lowest BCUT2D eigenvalue weighted by Crippen LogP contribution is -2.41. The van der Waals surface area contributed by atoms with Crippen LogP contribution in [0.5, 0.6) is 0 Å². The molecule has 2 rings (SSSR count). The molecule has 1 aromatic carbocycles. The smallest absolute Gasteiger partial charge is 0.466 e. The number of benzene rings is 1. The number of esters is 1. The molecule has 26 heavy (non-hydrogen) atoms. The van der Waals surface area contributed by atoms with Crippen LogP contribution in [-0.4, -0.2) is 31.4 Å². The predicted octanol–water partition coefficient (Wildman–Crippen LogP) is 4.12. The number of carbonyl (C=O) groups is 1. The molecule has 1 fully saturated rings. The van der Waals surface area contributed by atoms with E-state index in [1.807, 2.05) is 0 Å². The van der Waals surface area contributed by atoms with Gasteiger partial charge in [0.05, 0.1) is 30.3 Å². The Hall–Kier alpha value is -1.61. The molecule has 0 aromatic heterocycles. The Morgan fingerprint density at radius 1 is 1.19 bits per heavy atom. The highest BCUT2D eigenvalue weighted by Gasteiger charge is 2.55. The van der Waals surface area contributed by atoms with Gasteiger partial charge in [-0.2, -0.15) is 13.2 Å². The molecule has 0 spiro atoms. The third-order valence-electron chi connectivity index (χ3n) is 4.94. The first kappa shape index (κ1) is 20.7. The average molecular weight is 376 g/mol. The molecule has 1 aromatic rings. The monoisotopic (exact) mass is 376 g/mol. The van der Waals surface area contributed by atoms with Gasteiger partial charge in [-0.05, 0) is 39.8 Å². The highest BCUT2D eigenvalue weighted by Crippen LogP contribution is 2.45. The molecule has 4 nitrogen and oxygen atoms in total. The van der Waals surface area contributed by atoms with Gasteiger partial charge in [0, 0.05) is 11.4 Å². The summed E-state index contributed by atoms with van der Waals surface area (Å²) in [6.45, 7) is 6.87. The Morgan fingerprint density at radius 2 is 1.73 bits per heavy atom. The summed E-state index contributed by atoms with van der Waals surface area (Å²) in [6.07, 6.45) is -5.31. The molecule has 9 heteroatoms. The van der Waals surface area contributed by atoms with Crippen LogP contribution >= 0.6 is 0 Å². The summed E-state index contributed by atoms with van der Waals surface area (Å²) in [7, 11) is -0.132. The van der Waals surface area contributed by atoms with E-state index >= 15 is 0 Å². The van der Waals surface area contributed by atoms with E-state index in [2.05, 4.69) is 4.74 Å². The van der Waals surface area contributed by atoms with E-state index in [1.165, 1.54) is 0 Å². The molecule has 0 aliphatic carbocycles. The second-order valence-corrected chi connectivity index (χ2v) is 7.21. The van der Waals surface area contributed by atoms with Gasteiger partial charge in [-0.15, -0.1) is 0 Å². The van der Waals surface area contributed by atoms with Crippen LogP contribution in [0.3, 0.4) is 0 Å². The van der Waals surface area contributed by atoms with Gasteiger partial charge in [-0.3, -0.25) is 4.79 Å². The quantitative estimate of drug-likeness (QED) is 0.451. The normalized spacial score (nSPS) is 20.1. The maximum absolute atomic E-state index is 14.5. The number of alkyl halides is 3. The summed E-state index contributed by atoms with van der Waals surface area (Å²) in [5.41, 5.74) is -3.53. The van der Waals surface area contributed by atoms with Crippen molar-refractivity contribution in [3.8, 4) is 0 Å². The number of hydrogen-bond acceptors (Lipinski definition) is 4. The van der Waals surface area contributed by atoms with Gasteiger partial charge in [0.1, 0.15) is 5.82 Å². The molecular formula is C17H21BF4O4. The topological polar surface area (TPSA) is 44.8 Å². The number of hydrogen-bond donors (Lipinski definition) is 0. The Kier molecular flexibility index (Phi) is 5.45. The molecule has 144 valence electrons. The standard InChI is InChI=1S/C17H21BF4O4/c1-15(2)16(3,4)26-18(25-15)11(9-13(23)24-5)14-10(17(20,21)22)7-6-8-12(14)19/h6-8,11H,9H2,1-5H3. The van der Waals surface area contributed by atoms with Crippen molar-refractivity contribution in [2.45, 2.75) is 57.3 Å². The molecule has 0 radical (unpaired) electrons. The molecule has 0 saturated carbocycles. The van der Waals surface area contributed by atoms with Crippen molar-refractivity contribution in [1.29, 1.82) is 0 Å². The molecule has 1 heterocycles. The Balaban J connectivity index is 2.57. The van der Waals surface area contributed by atoms with E-state index in [4.69, 9.17) is 9.31 Å². The van der Waals surface area contributed by atoms with Crippen LogP contribution in [0.25, 0.3) is 0 Å². The lowest BCUT2D eigenvalue weighted by molar-refractivity contribution is -0.142. The van der Waals surface area contributed by atoms with Gasteiger partial charge < -0.3 is 14.0 Å². The van der Waals surface area contributed by atoms with Crippen molar-refractivity contribution in [3.05, 3.63) is 35.1 Å². The maximum atomic E-state index is 14.5. The van der Waals surface area contributed by atoms with Crippen molar-refractivity contribution in [1.82, 2.24) is 0 Å². The fourth-order valence-corrected chi connectivity index (χ4v) is 2.81. The van der Waals surface area contributed by atoms with Crippen LogP contribution in [-0.2, 0) is 25.0 Å². The first-order valence-corrected chi connectivity index (χ1v) is 8.08. The summed E-state index contributed by atoms with van der Waals surface area (Å²) >= 11 is 0. The number of halogens is 4. The van der Waals surface area contributed by atoms with E-state index in [0.717, 1.165) is 25.3 Å². The number of methoxy groups -OCH3 is 1. The lowest BCUT2D eigenvalue weighted by Gasteiger charge is -2.32. The minimum atomic E-state index is -4.80. The van der Waals surface area contributed by atoms with Gasteiger partial charge >= 0.3 is 19.3 Å². The Bertz CT molecular complexity index is 672. The van der Waals surface area contributed by atoms with Crippen LogP contribution < -0.4 is 0 Å². The zero-order valence-corrected chi connectivity index (χ0v) is 15.2. The summed E-state index contributed by atoms with van der Waals surface area (Å²) in [6, 6.07) is 2.66. The first-order chi connectivity index (χ1) is 11.8. The largest absolute Gasteiger partial charge is 0.469 e. The van der Waals surface area contributed by atoms with Crippen LogP contribution in [0, 0.1) is 5.82 Å². The van der Waals surface area contributed by atoms with Crippen molar-refractivity contribution in [3.63, 3.8) is 0 Å². The second-order valence-electron chi connectivity index (χ2n) is 7.21. The van der Waals surface area contributed by atoms with Crippen LogP contribution in [0.2, 0.25) is 0 Å². The van der Waals surface area contributed by atoms with Crippen molar-refractivity contribution < 1.29 is 36.4 Å². The zero-order valence-electron chi connectivity index (χ0n) is 15.2. The predicted molar refractivity (Wildman–Crippen MR) is 86.9 cm³/mol. The zero-order chi connectivity index (χ0) is 19.9. The van der Waals surface area contributed by atoms with Gasteiger partial charge in [-0.1, -0.05) is 6.07 Å². The van der Waals surface area contributed by atoms with Gasteiger partial charge in [0.25, 0.3) is 0 Å². The van der Waals surface area contributed by atoms with Crippen LogP contribution in [0.4, 0.5) is 17.6 Å². The highest BCUT2D eigenvalue weighted by atomic mass is 19.4. The molecule has 1 saturated heterocycles. The fraction of sp³-hybridized carbons (Fsp3) is 0.588. The summed E-state index contributed by atoms with van der Waals surface area (Å²) in [5, 5.41) is 0. The first-order valence-electron chi connectivity index (χ1n) is 8.08. The van der Waals surface area contributed by atoms with Gasteiger partial charge in [-0.25, -0.2) is 4.39 Å². The summed E-state index contributed by atoms with van der Waals surface area (Å²) < 4.78 is 70.9. The van der Waals surface area contributed by atoms with Gasteiger partial charge in [0.15, 0.2) is 0 Å². The molecule has 0 N–H and O–H groups in total. The van der Waals surface area contributed by atoms with Crippen LogP contribution in [0.15, 0.2) is 18.2 Å². The molecule has 0 bridgehead atoms. The maximum Gasteiger partial charge on any atom is 0.466 e. The van der Waals surface area contributed by atoms with Gasteiger partial charge in [0.2, 0.25) is 0 Å². The molecular weight excluding hydrogens is 355 g/mol. The third-order valence-corrected chi connectivity index (χ3v) is 4.94.